The zero-order chi connectivity index (χ0) is 46.6. The number of fused-ring (bicyclic) bond motifs is 1. The molecule has 66 heavy (non-hydrogen) atoms. The molecular formula is C39H43N17O6S4. The normalized spacial score (nSPS) is 13.6. The van der Waals surface area contributed by atoms with E-state index in [-0.39, 0.29) is 45.4 Å². The Bertz CT molecular complexity index is 2790. The third-order valence-corrected chi connectivity index (χ3v) is 12.2. The summed E-state index contributed by atoms with van der Waals surface area (Å²) >= 11 is 3.25. The molecule has 5 aromatic heterocycles. The Balaban J connectivity index is 1.32. The fraction of sp³-hybridized carbons (Fsp3) is 0.282. The number of nitrogens with zero attached hydrogens (tertiary/aromatic N) is 8. The number of benzene rings is 2. The molecule has 27 heteroatoms. The number of hydrogen-bond donors (Lipinski definition) is 9. The number of H-pyrrole nitrogens is 1. The molecule has 4 amide bonds. The molecule has 0 saturated carbocycles. The third kappa shape index (κ3) is 11.3. The van der Waals surface area contributed by atoms with E-state index in [4.69, 9.17) is 26.7 Å². The summed E-state index contributed by atoms with van der Waals surface area (Å²) in [6, 6.07) is 13.3. The first-order valence-corrected chi connectivity index (χ1v) is 23.1. The van der Waals surface area contributed by atoms with Gasteiger partial charge in [-0.15, -0.1) is 8.75 Å². The van der Waals surface area contributed by atoms with Gasteiger partial charge in [0.05, 0.1) is 13.7 Å². The van der Waals surface area contributed by atoms with Crippen LogP contribution >= 0.6 is 46.1 Å². The lowest BCUT2D eigenvalue weighted by atomic mass is 9.80. The van der Waals surface area contributed by atoms with Crippen molar-refractivity contribution >= 4 is 107 Å². The van der Waals surface area contributed by atoms with Gasteiger partial charge in [0.2, 0.25) is 32.3 Å². The average molecular weight is 974 g/mol. The van der Waals surface area contributed by atoms with Crippen LogP contribution in [0.4, 0.5) is 20.5 Å². The summed E-state index contributed by atoms with van der Waals surface area (Å²) in [6.07, 6.45) is 5.91. The molecule has 0 aliphatic carbocycles. The molecule has 2 aromatic carbocycles. The van der Waals surface area contributed by atoms with Gasteiger partial charge in [-0.1, -0.05) is 74.0 Å². The molecule has 0 bridgehead atoms. The number of allylic oxidation sites excluding steroid dienone is 1. The summed E-state index contributed by atoms with van der Waals surface area (Å²) in [5.74, 6) is -4.05. The Kier molecular flexibility index (Phi) is 15.2. The highest BCUT2D eigenvalue weighted by molar-refractivity contribution is 7.10. The molecule has 4 atom stereocenters. The van der Waals surface area contributed by atoms with Gasteiger partial charge >= 0.3 is 12.0 Å². The van der Waals surface area contributed by atoms with Gasteiger partial charge in [0, 0.05) is 76.1 Å². The Morgan fingerprint density at radius 1 is 0.758 bits per heavy atom. The smallest absolute Gasteiger partial charge is 0.330 e. The van der Waals surface area contributed by atoms with Crippen LogP contribution in [0.25, 0.3) is 17.0 Å². The molecule has 23 nitrogen and oxygen atoms in total. The van der Waals surface area contributed by atoms with E-state index in [0.717, 1.165) is 74.6 Å². The van der Waals surface area contributed by atoms with E-state index in [9.17, 15) is 14.4 Å². The van der Waals surface area contributed by atoms with Gasteiger partial charge in [0.15, 0.2) is 11.7 Å². The maximum atomic E-state index is 15.5. The summed E-state index contributed by atoms with van der Waals surface area (Å²) in [6.45, 7) is 2.29. The van der Waals surface area contributed by atoms with Crippen molar-refractivity contribution in [3.05, 3.63) is 89.6 Å². The Morgan fingerprint density at radius 3 is 2.08 bits per heavy atom. The van der Waals surface area contributed by atoms with Crippen molar-refractivity contribution in [1.82, 2.24) is 47.7 Å². The van der Waals surface area contributed by atoms with Gasteiger partial charge in [-0.25, -0.2) is 9.97 Å². The van der Waals surface area contributed by atoms with Crippen LogP contribution in [0.5, 0.6) is 12.0 Å². The van der Waals surface area contributed by atoms with Crippen LogP contribution in [0.2, 0.25) is 0 Å². The first kappa shape index (κ1) is 46.6. The van der Waals surface area contributed by atoms with Gasteiger partial charge in [-0.2, -0.15) is 18.7 Å². The van der Waals surface area contributed by atoms with Crippen molar-refractivity contribution in [2.45, 2.75) is 56.4 Å². The third-order valence-electron chi connectivity index (χ3n) is 9.63. The average Bonchev–Trinajstić information content (AvgIpc) is 4.18. The molecule has 0 radical (unpaired) electrons. The molecule has 12 N–H and O–H groups in total. The summed E-state index contributed by atoms with van der Waals surface area (Å²) < 4.78 is 27.9. The first-order valence-electron chi connectivity index (χ1n) is 20.0. The van der Waals surface area contributed by atoms with Crippen LogP contribution in [0, 0.1) is 0 Å². The molecule has 5 heterocycles. The summed E-state index contributed by atoms with van der Waals surface area (Å²) in [7, 11) is 1.34. The topological polar surface area (TPSA) is 344 Å². The van der Waals surface area contributed by atoms with E-state index in [0.29, 0.717) is 24.7 Å². The van der Waals surface area contributed by atoms with E-state index in [1.54, 1.807) is 0 Å². The predicted molar refractivity (Wildman–Crippen MR) is 251 cm³/mol. The lowest BCUT2D eigenvalue weighted by Gasteiger charge is -2.43. The highest BCUT2D eigenvalue weighted by Gasteiger charge is 2.59. The lowest BCUT2D eigenvalue weighted by Crippen LogP contribution is -2.76. The Morgan fingerprint density at radius 2 is 1.38 bits per heavy atom. The molecule has 7 aromatic rings. The van der Waals surface area contributed by atoms with E-state index in [2.05, 4.69) is 69.0 Å². The number of rotatable bonds is 25. The minimum atomic E-state index is -2.70. The van der Waals surface area contributed by atoms with Crippen LogP contribution in [0.3, 0.4) is 0 Å². The van der Waals surface area contributed by atoms with Crippen molar-refractivity contribution in [2.75, 3.05) is 35.0 Å². The second-order valence-corrected chi connectivity index (χ2v) is 17.2. The number of carbonyl (C=O) groups excluding carboxylic acids is 4. The number of anilines is 4. The second kappa shape index (κ2) is 21.5. The van der Waals surface area contributed by atoms with E-state index < -0.39 is 47.4 Å². The zero-order valence-corrected chi connectivity index (χ0v) is 38.4. The Labute approximate surface area is 392 Å². The zero-order valence-electron chi connectivity index (χ0n) is 35.1. The maximum Gasteiger partial charge on any atom is 0.330 e. The van der Waals surface area contributed by atoms with Crippen LogP contribution < -0.4 is 53.3 Å². The first-order chi connectivity index (χ1) is 31.9. The number of aromatic amines is 1. The minimum Gasteiger partial charge on any atom is -0.466 e. The van der Waals surface area contributed by atoms with Gasteiger partial charge in [0.25, 0.3) is 11.8 Å². The van der Waals surface area contributed by atoms with Crippen molar-refractivity contribution in [2.24, 2.45) is 17.2 Å². The van der Waals surface area contributed by atoms with Gasteiger partial charge in [-0.05, 0) is 23.6 Å². The van der Waals surface area contributed by atoms with Crippen LogP contribution in [-0.2, 0) is 32.0 Å². The number of unbranched alkanes of at least 4 members (excludes halogenated alkanes) is 1. The number of ether oxygens (including phenoxy) is 2. The molecule has 0 saturated heterocycles. The molecular weight excluding hydrogens is 931 g/mol. The van der Waals surface area contributed by atoms with Crippen molar-refractivity contribution in [3.63, 3.8) is 0 Å². The van der Waals surface area contributed by atoms with Gasteiger partial charge in [-0.3, -0.25) is 19.2 Å². The maximum absolute atomic E-state index is 15.5. The summed E-state index contributed by atoms with van der Waals surface area (Å²) in [4.78, 5) is 77.6. The number of nitrogens with one attached hydrogen (secondary N) is 6. The number of nitrogens with two attached hydrogens (primary N) is 3. The molecule has 344 valence electrons. The SMILES string of the molecule is CCCCOc1nsc(NC(C(N)=O)C(Nc2nc(Cc3c[nH]c4ccccc34)ns2)(C(=O)NC(Nc2nc(OC)ns2)C(N)=O)C(Nc2nc(CC=Cc3ccccc3)ns2)C(N)=O)n1. The number of para-hydroxylation sites is 1. The number of carbonyl (C=O) groups is 4. The highest BCUT2D eigenvalue weighted by atomic mass is 32.1. The molecule has 7 rings (SSSR count). The van der Waals surface area contributed by atoms with Gasteiger partial charge < -0.3 is 58.2 Å². The highest BCUT2D eigenvalue weighted by Crippen LogP contribution is 2.32. The number of methoxy groups -OCH3 is 1. The molecule has 4 unspecified atom stereocenters. The van der Waals surface area contributed by atoms with Gasteiger partial charge in [0.1, 0.15) is 23.7 Å². The van der Waals surface area contributed by atoms with Crippen LogP contribution in [0.1, 0.15) is 42.5 Å². The molecule has 0 aliphatic rings. The largest absolute Gasteiger partial charge is 0.466 e. The minimum absolute atomic E-state index is 0.0156. The summed E-state index contributed by atoms with van der Waals surface area (Å²) in [5.41, 5.74) is 18.3. The van der Waals surface area contributed by atoms with Crippen LogP contribution in [-0.4, -0.2) is 104 Å². The summed E-state index contributed by atoms with van der Waals surface area (Å²) in [5, 5.41) is 14.9. The number of hydrogen-bond acceptors (Lipinski definition) is 22. The molecule has 0 fully saturated rings. The van der Waals surface area contributed by atoms with E-state index in [1.165, 1.54) is 7.11 Å². The quantitative estimate of drug-likeness (QED) is 0.0294. The molecule has 0 aliphatic heterocycles. The van der Waals surface area contributed by atoms with Crippen molar-refractivity contribution in [1.29, 1.82) is 0 Å². The standard InChI is InChI=1S/C39H43N17O6S4/c1-3-4-17-62-34-51-36(64-56-34)47-27(29(41)58)39(32(60)48-31(30(42)59)49-37-50-33(61-2)55-65-37,52-38-45-25(54-66-38)18-21-19-43-23-15-9-8-14-22(21)23)26(28(40)57)46-35-44-24(53-63-35)16-10-13-20-11-6-5-7-12-20/h5-15,19,26-27,31,43H,3-4,16-18H2,1-2H3,(H2,40,57)(H2,41,58)(H2,42,59)(H,48,60)(H,44,46,53)(H,45,52,54)(H,47,51,56)(H,49,50,55). The predicted octanol–water partition coefficient (Wildman–Crippen LogP) is 2.73. The monoisotopic (exact) mass is 973 g/mol. The molecule has 0 spiro atoms. The number of amides is 4. The lowest BCUT2D eigenvalue weighted by molar-refractivity contribution is -0.135. The Hall–Kier alpha value is -7.36. The fourth-order valence-electron chi connectivity index (χ4n) is 6.50. The van der Waals surface area contributed by atoms with Crippen molar-refractivity contribution < 1.29 is 28.7 Å². The van der Waals surface area contributed by atoms with Crippen molar-refractivity contribution in [3.8, 4) is 12.0 Å². The number of primary amides is 3. The van der Waals surface area contributed by atoms with E-state index >= 15 is 4.79 Å². The van der Waals surface area contributed by atoms with E-state index in [1.807, 2.05) is 79.9 Å². The fourth-order valence-corrected chi connectivity index (χ4v) is 8.90. The number of aromatic nitrogens is 9. The second-order valence-electron chi connectivity index (χ2n) is 14.2. The van der Waals surface area contributed by atoms with Crippen LogP contribution in [0.15, 0.2) is 66.9 Å².